The Labute approximate surface area is 158 Å². The molecular weight excluding hydrogens is 409 g/mol. The number of nitrogens with one attached hydrogen (secondary N) is 2. The van der Waals surface area contributed by atoms with E-state index in [9.17, 15) is 0 Å². The molecule has 0 radical (unpaired) electrons. The summed E-state index contributed by atoms with van der Waals surface area (Å²) in [4.78, 5) is 4.28. The van der Waals surface area contributed by atoms with Crippen LogP contribution in [0.1, 0.15) is 32.1 Å². The van der Waals surface area contributed by atoms with E-state index in [0.717, 1.165) is 32.1 Å². The molecule has 7 heteroatoms. The van der Waals surface area contributed by atoms with Crippen molar-refractivity contribution in [3.8, 4) is 0 Å². The summed E-state index contributed by atoms with van der Waals surface area (Å²) in [6.45, 7) is 4.45. The third-order valence-electron chi connectivity index (χ3n) is 4.33. The largest absolute Gasteiger partial charge is 0.385 e. The van der Waals surface area contributed by atoms with Crippen LogP contribution in [-0.4, -0.2) is 66.7 Å². The maximum Gasteiger partial charge on any atom is 0.191 e. The number of rotatable bonds is 11. The van der Waals surface area contributed by atoms with Gasteiger partial charge in [-0.05, 0) is 24.7 Å². The summed E-state index contributed by atoms with van der Waals surface area (Å²) in [6, 6.07) is 0. The predicted molar refractivity (Wildman–Crippen MR) is 105 cm³/mol. The van der Waals surface area contributed by atoms with Gasteiger partial charge in [-0.25, -0.2) is 0 Å². The van der Waals surface area contributed by atoms with Gasteiger partial charge in [-0.3, -0.25) is 4.99 Å². The topological polar surface area (TPSA) is 64.1 Å². The molecule has 0 bridgehead atoms. The first-order chi connectivity index (χ1) is 10.8. The van der Waals surface area contributed by atoms with E-state index in [-0.39, 0.29) is 24.0 Å². The molecular formula is C16H34IN3O3. The predicted octanol–water partition coefficient (Wildman–Crippen LogP) is 2.03. The molecule has 0 unspecified atom stereocenters. The zero-order chi connectivity index (χ0) is 16.1. The maximum atomic E-state index is 5.43. The van der Waals surface area contributed by atoms with Gasteiger partial charge in [0.05, 0.1) is 19.8 Å². The Morgan fingerprint density at radius 2 is 1.70 bits per heavy atom. The monoisotopic (exact) mass is 443 g/mol. The number of guanidine groups is 1. The normalized spacial score (nSPS) is 16.9. The van der Waals surface area contributed by atoms with Crippen LogP contribution in [0.2, 0.25) is 0 Å². The van der Waals surface area contributed by atoms with E-state index in [1.54, 1.807) is 21.3 Å². The molecule has 1 saturated carbocycles. The molecule has 0 spiro atoms. The average Bonchev–Trinajstić information content (AvgIpc) is 3.01. The van der Waals surface area contributed by atoms with Crippen LogP contribution < -0.4 is 10.6 Å². The van der Waals surface area contributed by atoms with E-state index < -0.39 is 0 Å². The quantitative estimate of drug-likeness (QED) is 0.222. The molecule has 0 aromatic heterocycles. The van der Waals surface area contributed by atoms with Crippen LogP contribution in [0.3, 0.4) is 0 Å². The first kappa shape index (κ1) is 22.9. The van der Waals surface area contributed by atoms with E-state index in [4.69, 9.17) is 14.2 Å². The first-order valence-electron chi connectivity index (χ1n) is 8.26. The first-order valence-corrected chi connectivity index (χ1v) is 8.26. The van der Waals surface area contributed by atoms with Gasteiger partial charge in [0.25, 0.3) is 0 Å². The molecule has 1 aliphatic rings. The van der Waals surface area contributed by atoms with E-state index in [1.165, 1.54) is 25.7 Å². The van der Waals surface area contributed by atoms with Crippen molar-refractivity contribution in [2.75, 3.05) is 60.8 Å². The molecule has 0 amide bonds. The summed E-state index contributed by atoms with van der Waals surface area (Å²) in [5.41, 5.74) is 0.364. The highest BCUT2D eigenvalue weighted by Gasteiger charge is 2.33. The fourth-order valence-corrected chi connectivity index (χ4v) is 2.94. The minimum atomic E-state index is 0. The number of nitrogens with zero attached hydrogens (tertiary/aromatic N) is 1. The van der Waals surface area contributed by atoms with Crippen molar-refractivity contribution < 1.29 is 14.2 Å². The zero-order valence-corrected chi connectivity index (χ0v) is 17.2. The average molecular weight is 443 g/mol. The van der Waals surface area contributed by atoms with Gasteiger partial charge in [-0.2, -0.15) is 0 Å². The molecule has 1 rings (SSSR count). The Morgan fingerprint density at radius 1 is 1.00 bits per heavy atom. The number of halogens is 1. The lowest BCUT2D eigenvalue weighted by Crippen LogP contribution is -2.44. The smallest absolute Gasteiger partial charge is 0.191 e. The molecule has 23 heavy (non-hydrogen) atoms. The van der Waals surface area contributed by atoms with Crippen LogP contribution in [0.5, 0.6) is 0 Å². The zero-order valence-electron chi connectivity index (χ0n) is 14.9. The molecule has 1 aliphatic carbocycles. The summed E-state index contributed by atoms with van der Waals surface area (Å²) in [5.74, 6) is 0.846. The summed E-state index contributed by atoms with van der Waals surface area (Å²) in [7, 11) is 5.26. The molecule has 0 aliphatic heterocycles. The highest BCUT2D eigenvalue weighted by atomic mass is 127. The Bertz CT molecular complexity index is 311. The van der Waals surface area contributed by atoms with Gasteiger partial charge >= 0.3 is 0 Å². The number of methoxy groups -OCH3 is 2. The Morgan fingerprint density at radius 3 is 2.30 bits per heavy atom. The van der Waals surface area contributed by atoms with Gasteiger partial charge in [0.2, 0.25) is 0 Å². The molecule has 2 N–H and O–H groups in total. The second kappa shape index (κ2) is 14.2. The number of ether oxygens (including phenoxy) is 3. The van der Waals surface area contributed by atoms with Crippen molar-refractivity contribution in [2.24, 2.45) is 10.4 Å². The minimum Gasteiger partial charge on any atom is -0.385 e. The number of hydrogen-bond donors (Lipinski definition) is 2. The molecule has 0 saturated heterocycles. The lowest BCUT2D eigenvalue weighted by atomic mass is 9.83. The van der Waals surface area contributed by atoms with Gasteiger partial charge in [-0.1, -0.05) is 12.8 Å². The summed E-state index contributed by atoms with van der Waals surface area (Å²) in [5, 5.41) is 6.75. The third-order valence-corrected chi connectivity index (χ3v) is 4.33. The molecule has 0 heterocycles. The molecule has 138 valence electrons. The van der Waals surface area contributed by atoms with Gasteiger partial charge < -0.3 is 24.8 Å². The van der Waals surface area contributed by atoms with Gasteiger partial charge in [-0.15, -0.1) is 24.0 Å². The van der Waals surface area contributed by atoms with Crippen LogP contribution in [-0.2, 0) is 14.2 Å². The van der Waals surface area contributed by atoms with Gasteiger partial charge in [0.1, 0.15) is 0 Å². The van der Waals surface area contributed by atoms with Crippen molar-refractivity contribution in [1.29, 1.82) is 0 Å². The summed E-state index contributed by atoms with van der Waals surface area (Å²) >= 11 is 0. The molecule has 1 fully saturated rings. The Kier molecular flexibility index (Phi) is 14.2. The van der Waals surface area contributed by atoms with Gasteiger partial charge in [0.15, 0.2) is 5.96 Å². The van der Waals surface area contributed by atoms with Crippen molar-refractivity contribution in [2.45, 2.75) is 32.1 Å². The second-order valence-corrected chi connectivity index (χ2v) is 5.91. The standard InChI is InChI=1S/C16H33N3O3.HI/c1-17-15(18-9-11-22-13-12-21-3)19-14-16(8-10-20-2)6-4-5-7-16;/h4-14H2,1-3H3,(H2,17,18,19);1H. The minimum absolute atomic E-state index is 0. The Hall–Kier alpha value is -0.120. The lowest BCUT2D eigenvalue weighted by Gasteiger charge is -2.29. The number of hydrogen-bond acceptors (Lipinski definition) is 4. The van der Waals surface area contributed by atoms with E-state index in [0.29, 0.717) is 25.2 Å². The van der Waals surface area contributed by atoms with Crippen LogP contribution in [0.15, 0.2) is 4.99 Å². The SMILES string of the molecule is CN=C(NCCOCCOC)NCC1(CCOC)CCCC1.I. The molecule has 6 nitrogen and oxygen atoms in total. The number of aliphatic imine (C=N–C) groups is 1. The van der Waals surface area contributed by atoms with E-state index in [1.807, 2.05) is 0 Å². The highest BCUT2D eigenvalue weighted by molar-refractivity contribution is 14.0. The van der Waals surface area contributed by atoms with Crippen molar-refractivity contribution in [3.05, 3.63) is 0 Å². The second-order valence-electron chi connectivity index (χ2n) is 5.91. The Balaban J connectivity index is 0.00000484. The third kappa shape index (κ3) is 9.69. The highest BCUT2D eigenvalue weighted by Crippen LogP contribution is 2.40. The van der Waals surface area contributed by atoms with Crippen LogP contribution in [0.25, 0.3) is 0 Å². The van der Waals surface area contributed by atoms with Crippen LogP contribution >= 0.6 is 24.0 Å². The summed E-state index contributed by atoms with van der Waals surface area (Å²) in [6.07, 6.45) is 6.32. The van der Waals surface area contributed by atoms with Crippen molar-refractivity contribution in [3.63, 3.8) is 0 Å². The lowest BCUT2D eigenvalue weighted by molar-refractivity contribution is 0.0733. The fourth-order valence-electron chi connectivity index (χ4n) is 2.94. The van der Waals surface area contributed by atoms with E-state index >= 15 is 0 Å². The molecule has 0 atom stereocenters. The van der Waals surface area contributed by atoms with Crippen LogP contribution in [0, 0.1) is 5.41 Å². The van der Waals surface area contributed by atoms with Gasteiger partial charge in [0, 0.05) is 41.0 Å². The maximum absolute atomic E-state index is 5.43. The van der Waals surface area contributed by atoms with Crippen molar-refractivity contribution in [1.82, 2.24) is 10.6 Å². The molecule has 0 aromatic rings. The fraction of sp³-hybridized carbons (Fsp3) is 0.938. The van der Waals surface area contributed by atoms with E-state index in [2.05, 4.69) is 15.6 Å². The van der Waals surface area contributed by atoms with Crippen LogP contribution in [0.4, 0.5) is 0 Å². The summed E-state index contributed by atoms with van der Waals surface area (Å²) < 4.78 is 15.6. The molecule has 0 aromatic carbocycles. The van der Waals surface area contributed by atoms with Crippen molar-refractivity contribution >= 4 is 29.9 Å².